The van der Waals surface area contributed by atoms with Gasteiger partial charge in [0, 0.05) is 25.5 Å². The van der Waals surface area contributed by atoms with Crippen molar-refractivity contribution in [3.63, 3.8) is 0 Å². The molecule has 0 saturated carbocycles. The first-order valence-electron chi connectivity index (χ1n) is 13.7. The Hall–Kier alpha value is -3.35. The summed E-state index contributed by atoms with van der Waals surface area (Å²) in [6.45, 7) is 9.53. The van der Waals surface area contributed by atoms with Crippen LogP contribution in [0.3, 0.4) is 0 Å². The van der Waals surface area contributed by atoms with Crippen LogP contribution in [-0.2, 0) is 30.1 Å². The fourth-order valence-corrected chi connectivity index (χ4v) is 4.55. The highest BCUT2D eigenvalue weighted by atomic mass is 16.7. The van der Waals surface area contributed by atoms with E-state index in [1.807, 2.05) is 58.0 Å². The Bertz CT molecular complexity index is 1140. The minimum absolute atomic E-state index is 0.0470. The molecule has 1 aromatic heterocycles. The lowest BCUT2D eigenvalue weighted by molar-refractivity contribution is -0.138. The largest absolute Gasteiger partial charge is 0.481 e. The molecule has 3 heterocycles. The molecule has 0 spiro atoms. The van der Waals surface area contributed by atoms with Gasteiger partial charge in [-0.2, -0.15) is 0 Å². The van der Waals surface area contributed by atoms with Crippen LogP contribution >= 0.6 is 0 Å². The molecule has 0 unspecified atom stereocenters. The number of ether oxygens (including phenoxy) is 1. The molecule has 2 N–H and O–H groups in total. The fourth-order valence-electron chi connectivity index (χ4n) is 4.55. The number of nitrogens with one attached hydrogen (secondary N) is 2. The van der Waals surface area contributed by atoms with E-state index < -0.39 is 42.1 Å². The van der Waals surface area contributed by atoms with Crippen LogP contribution < -0.4 is 10.6 Å². The van der Waals surface area contributed by atoms with Crippen molar-refractivity contribution in [2.24, 2.45) is 0 Å². The maximum atomic E-state index is 13.8. The van der Waals surface area contributed by atoms with E-state index in [4.69, 9.17) is 14.0 Å². The summed E-state index contributed by atoms with van der Waals surface area (Å²) >= 11 is 0. The normalized spacial score (nSPS) is 19.5. The summed E-state index contributed by atoms with van der Waals surface area (Å²) in [6, 6.07) is 8.78. The molecular formula is C28H38BN5O6. The number of hydrogen-bond acceptors (Lipinski definition) is 8. The van der Waals surface area contributed by atoms with Crippen molar-refractivity contribution in [2.45, 2.75) is 70.1 Å². The van der Waals surface area contributed by atoms with Crippen LogP contribution in [-0.4, -0.2) is 89.2 Å². The van der Waals surface area contributed by atoms with Crippen molar-refractivity contribution in [1.29, 1.82) is 0 Å². The second kappa shape index (κ2) is 12.9. The predicted molar refractivity (Wildman–Crippen MR) is 148 cm³/mol. The Morgan fingerprint density at radius 2 is 1.68 bits per heavy atom. The summed E-state index contributed by atoms with van der Waals surface area (Å²) in [5.74, 6) is -1.89. The van der Waals surface area contributed by atoms with Gasteiger partial charge < -0.3 is 29.6 Å². The number of carbonyl (C=O) groups is 3. The monoisotopic (exact) mass is 551 g/mol. The third-order valence-corrected chi connectivity index (χ3v) is 7.67. The lowest BCUT2D eigenvalue weighted by atomic mass is 9.75. The van der Waals surface area contributed by atoms with E-state index in [1.54, 1.807) is 4.90 Å². The van der Waals surface area contributed by atoms with Crippen molar-refractivity contribution in [3.8, 4) is 0 Å². The van der Waals surface area contributed by atoms with Crippen LogP contribution in [0.25, 0.3) is 0 Å². The number of aryl methyl sites for hydroxylation is 1. The molecule has 11 nitrogen and oxygen atoms in total. The summed E-state index contributed by atoms with van der Waals surface area (Å²) in [5.41, 5.74) is -0.0440. The minimum atomic E-state index is -1.15. The van der Waals surface area contributed by atoms with E-state index in [2.05, 4.69) is 20.6 Å². The summed E-state index contributed by atoms with van der Waals surface area (Å²) in [7, 11) is -0.719. The molecule has 3 amide bonds. The van der Waals surface area contributed by atoms with Crippen molar-refractivity contribution < 1.29 is 28.4 Å². The van der Waals surface area contributed by atoms with Gasteiger partial charge in [0.15, 0.2) is 0 Å². The molecule has 2 aliphatic heterocycles. The van der Waals surface area contributed by atoms with E-state index in [1.165, 1.54) is 18.6 Å². The summed E-state index contributed by atoms with van der Waals surface area (Å²) in [4.78, 5) is 49.4. The number of aromatic nitrogens is 2. The zero-order chi connectivity index (χ0) is 28.8. The van der Waals surface area contributed by atoms with Crippen molar-refractivity contribution in [2.75, 3.05) is 26.3 Å². The first kappa shape index (κ1) is 29.6. The minimum Gasteiger partial charge on any atom is -0.402 e. The zero-order valence-corrected chi connectivity index (χ0v) is 23.6. The predicted octanol–water partition coefficient (Wildman–Crippen LogP) is 1.57. The highest BCUT2D eigenvalue weighted by Gasteiger charge is 2.54. The number of nitrogens with zero attached hydrogens (tertiary/aromatic N) is 3. The van der Waals surface area contributed by atoms with E-state index in [9.17, 15) is 14.4 Å². The first-order chi connectivity index (χ1) is 19.1. The van der Waals surface area contributed by atoms with Crippen molar-refractivity contribution >= 4 is 24.8 Å². The van der Waals surface area contributed by atoms with Crippen molar-refractivity contribution in [3.05, 3.63) is 60.2 Å². The second-order valence-electron chi connectivity index (χ2n) is 11.1. The molecule has 2 atom stereocenters. The molecular weight excluding hydrogens is 513 g/mol. The molecule has 2 aromatic rings. The average Bonchev–Trinajstić information content (AvgIpc) is 3.18. The SMILES string of the molecule is CC1(C)OB([C@H](CCc2ccccc2)NC(=O)[C@@H](CC(=O)N2CCOCC2)NC(=O)c2cnccn2)OC1(C)C. The highest BCUT2D eigenvalue weighted by Crippen LogP contribution is 2.38. The number of carbonyl (C=O) groups excluding carboxylic acids is 3. The molecule has 0 radical (unpaired) electrons. The third-order valence-electron chi connectivity index (χ3n) is 7.67. The summed E-state index contributed by atoms with van der Waals surface area (Å²) < 4.78 is 17.9. The van der Waals surface area contributed by atoms with E-state index in [0.717, 1.165) is 5.56 Å². The molecule has 40 heavy (non-hydrogen) atoms. The molecule has 2 fully saturated rings. The van der Waals surface area contributed by atoms with Gasteiger partial charge in [-0.25, -0.2) is 4.98 Å². The van der Waals surface area contributed by atoms with Crippen LogP contribution in [0.15, 0.2) is 48.9 Å². The highest BCUT2D eigenvalue weighted by molar-refractivity contribution is 6.48. The number of amides is 3. The Labute approximate surface area is 235 Å². The zero-order valence-electron chi connectivity index (χ0n) is 23.6. The van der Waals surface area contributed by atoms with Gasteiger partial charge in [0.05, 0.1) is 43.0 Å². The van der Waals surface area contributed by atoms with Gasteiger partial charge in [0.2, 0.25) is 11.8 Å². The van der Waals surface area contributed by atoms with Gasteiger partial charge >= 0.3 is 7.12 Å². The number of rotatable bonds is 10. The Morgan fingerprint density at radius 1 is 1.00 bits per heavy atom. The Kier molecular flexibility index (Phi) is 9.54. The quantitative estimate of drug-likeness (QED) is 0.426. The van der Waals surface area contributed by atoms with Crippen LogP contribution in [0.2, 0.25) is 0 Å². The lowest BCUT2D eigenvalue weighted by Gasteiger charge is -2.32. The van der Waals surface area contributed by atoms with Gasteiger partial charge in [-0.1, -0.05) is 30.3 Å². The molecule has 0 bridgehead atoms. The van der Waals surface area contributed by atoms with Crippen LogP contribution in [0.5, 0.6) is 0 Å². The van der Waals surface area contributed by atoms with Crippen molar-refractivity contribution in [1.82, 2.24) is 25.5 Å². The summed E-state index contributed by atoms with van der Waals surface area (Å²) in [5, 5.41) is 5.73. The molecule has 12 heteroatoms. The Balaban J connectivity index is 1.53. The first-order valence-corrected chi connectivity index (χ1v) is 13.7. The number of morpholine rings is 1. The average molecular weight is 551 g/mol. The lowest BCUT2D eigenvalue weighted by Crippen LogP contribution is -2.56. The van der Waals surface area contributed by atoms with Gasteiger partial charge in [-0.05, 0) is 46.1 Å². The summed E-state index contributed by atoms with van der Waals surface area (Å²) in [6.07, 6.45) is 5.12. The second-order valence-corrected chi connectivity index (χ2v) is 11.1. The van der Waals surface area contributed by atoms with Gasteiger partial charge in [-0.3, -0.25) is 19.4 Å². The van der Waals surface area contributed by atoms with E-state index >= 15 is 0 Å². The molecule has 1 aromatic carbocycles. The van der Waals surface area contributed by atoms with Crippen LogP contribution in [0.4, 0.5) is 0 Å². The number of hydrogen-bond donors (Lipinski definition) is 2. The fraction of sp³-hybridized carbons (Fsp3) is 0.536. The number of benzene rings is 1. The molecule has 2 aliphatic rings. The Morgan fingerprint density at radius 3 is 2.30 bits per heavy atom. The molecule has 0 aliphatic carbocycles. The van der Waals surface area contributed by atoms with Crippen LogP contribution in [0, 0.1) is 0 Å². The van der Waals surface area contributed by atoms with E-state index in [-0.39, 0.29) is 18.0 Å². The molecule has 4 rings (SSSR count). The maximum absolute atomic E-state index is 13.8. The third kappa shape index (κ3) is 7.44. The van der Waals surface area contributed by atoms with Gasteiger partial charge in [0.1, 0.15) is 11.7 Å². The molecule has 214 valence electrons. The maximum Gasteiger partial charge on any atom is 0.481 e. The van der Waals surface area contributed by atoms with E-state index in [0.29, 0.717) is 39.1 Å². The van der Waals surface area contributed by atoms with Gasteiger partial charge in [0.25, 0.3) is 5.91 Å². The van der Waals surface area contributed by atoms with Gasteiger partial charge in [-0.15, -0.1) is 0 Å². The molecule has 2 saturated heterocycles. The van der Waals surface area contributed by atoms with Crippen LogP contribution in [0.1, 0.15) is 56.6 Å². The smallest absolute Gasteiger partial charge is 0.402 e. The topological polar surface area (TPSA) is 132 Å². The standard InChI is InChI=1S/C28H38BN5O6/c1-27(2)28(3,4)40-29(39-27)23(11-10-20-8-6-5-7-9-20)33-25(36)21(18-24(35)34-14-16-38-17-15-34)32-26(37)22-19-30-12-13-31-22/h5-9,12-13,19,21,23H,10-11,14-18H2,1-4H3,(H,32,37)(H,33,36)/t21-,23+/m1/s1.